The van der Waals surface area contributed by atoms with Gasteiger partial charge in [0.05, 0.1) is 5.69 Å². The fourth-order valence-corrected chi connectivity index (χ4v) is 2.57. The van der Waals surface area contributed by atoms with E-state index in [1.165, 1.54) is 12.1 Å². The molecule has 2 aromatic carbocycles. The lowest BCUT2D eigenvalue weighted by Gasteiger charge is -2.02. The molecule has 1 heterocycles. The highest BCUT2D eigenvalue weighted by atomic mass is 35.5. The van der Waals surface area contributed by atoms with Crippen molar-refractivity contribution in [1.82, 2.24) is 4.98 Å². The van der Waals surface area contributed by atoms with Gasteiger partial charge < -0.3 is 4.98 Å². The molecular formula is C17H13ClFNO. The molecule has 3 aromatic rings. The first-order chi connectivity index (χ1) is 10.1. The third-order valence-electron chi connectivity index (χ3n) is 3.46. The fourth-order valence-electron chi connectivity index (χ4n) is 2.34. The quantitative estimate of drug-likeness (QED) is 0.691. The molecule has 1 aromatic heterocycles. The van der Waals surface area contributed by atoms with Gasteiger partial charge in [-0.25, -0.2) is 4.39 Å². The van der Waals surface area contributed by atoms with Crippen molar-refractivity contribution in [2.45, 2.75) is 12.8 Å². The van der Waals surface area contributed by atoms with Crippen molar-refractivity contribution in [3.8, 4) is 0 Å². The van der Waals surface area contributed by atoms with Gasteiger partial charge in [-0.1, -0.05) is 29.8 Å². The number of H-pyrrole nitrogens is 1. The second kappa shape index (κ2) is 5.70. The normalized spacial score (nSPS) is 11.0. The van der Waals surface area contributed by atoms with E-state index in [0.717, 1.165) is 11.1 Å². The second-order valence-electron chi connectivity index (χ2n) is 4.93. The Morgan fingerprint density at radius 3 is 2.76 bits per heavy atom. The molecule has 0 radical (unpaired) electrons. The van der Waals surface area contributed by atoms with E-state index in [4.69, 9.17) is 11.6 Å². The van der Waals surface area contributed by atoms with Gasteiger partial charge in [0.2, 0.25) is 0 Å². The number of aromatic amines is 1. The Kier molecular flexibility index (Phi) is 3.76. The largest absolute Gasteiger partial charge is 0.352 e. The zero-order chi connectivity index (χ0) is 14.8. The summed E-state index contributed by atoms with van der Waals surface area (Å²) in [6.07, 6.45) is 0.946. The summed E-state index contributed by atoms with van der Waals surface area (Å²) in [6.45, 7) is 0. The monoisotopic (exact) mass is 301 g/mol. The molecule has 0 aliphatic heterocycles. The van der Waals surface area contributed by atoms with E-state index >= 15 is 0 Å². The summed E-state index contributed by atoms with van der Waals surface area (Å²) in [4.78, 5) is 15.2. The summed E-state index contributed by atoms with van der Waals surface area (Å²) < 4.78 is 13.1. The summed E-state index contributed by atoms with van der Waals surface area (Å²) in [5, 5.41) is 1.38. The van der Waals surface area contributed by atoms with Gasteiger partial charge in [0, 0.05) is 22.3 Å². The predicted molar refractivity (Wildman–Crippen MR) is 82.4 cm³/mol. The first kappa shape index (κ1) is 13.8. The summed E-state index contributed by atoms with van der Waals surface area (Å²) in [6, 6.07) is 13.6. The van der Waals surface area contributed by atoms with E-state index in [2.05, 4.69) is 4.98 Å². The maximum atomic E-state index is 13.1. The van der Waals surface area contributed by atoms with Crippen molar-refractivity contribution >= 4 is 28.3 Å². The van der Waals surface area contributed by atoms with Gasteiger partial charge in [-0.15, -0.1) is 0 Å². The van der Waals surface area contributed by atoms with E-state index in [1.54, 1.807) is 12.1 Å². The van der Waals surface area contributed by atoms with Crippen LogP contribution in [-0.2, 0) is 6.42 Å². The average molecular weight is 302 g/mol. The molecule has 0 aliphatic carbocycles. The molecule has 0 spiro atoms. The molecule has 0 amide bonds. The van der Waals surface area contributed by atoms with Gasteiger partial charge in [-0.05, 0) is 42.3 Å². The van der Waals surface area contributed by atoms with Crippen LogP contribution in [0.15, 0.2) is 48.5 Å². The van der Waals surface area contributed by atoms with Crippen molar-refractivity contribution in [3.63, 3.8) is 0 Å². The zero-order valence-corrected chi connectivity index (χ0v) is 12.0. The van der Waals surface area contributed by atoms with Crippen molar-refractivity contribution in [2.75, 3.05) is 0 Å². The van der Waals surface area contributed by atoms with Crippen LogP contribution in [0.3, 0.4) is 0 Å². The van der Waals surface area contributed by atoms with Crippen LogP contribution < -0.4 is 0 Å². The molecule has 3 rings (SSSR count). The Labute approximate surface area is 126 Å². The lowest BCUT2D eigenvalue weighted by Crippen LogP contribution is -2.01. The van der Waals surface area contributed by atoms with E-state index < -0.39 is 0 Å². The van der Waals surface area contributed by atoms with Crippen LogP contribution in [0.25, 0.3) is 10.9 Å². The highest BCUT2D eigenvalue weighted by molar-refractivity contribution is 6.31. The highest BCUT2D eigenvalue weighted by Gasteiger charge is 2.11. The van der Waals surface area contributed by atoms with Crippen LogP contribution in [0, 0.1) is 5.82 Å². The lowest BCUT2D eigenvalue weighted by atomic mass is 10.1. The van der Waals surface area contributed by atoms with E-state index in [-0.39, 0.29) is 11.6 Å². The number of carbonyl (C=O) groups is 1. The van der Waals surface area contributed by atoms with Gasteiger partial charge in [0.1, 0.15) is 5.82 Å². The molecule has 0 fully saturated rings. The fraction of sp³-hybridized carbons (Fsp3) is 0.118. The zero-order valence-electron chi connectivity index (χ0n) is 11.2. The molecule has 0 atom stereocenters. The molecule has 2 nitrogen and oxygen atoms in total. The van der Waals surface area contributed by atoms with Crippen LogP contribution in [0.4, 0.5) is 4.39 Å². The van der Waals surface area contributed by atoms with Gasteiger partial charge in [-0.3, -0.25) is 4.79 Å². The number of carbonyl (C=O) groups excluding carboxylic acids is 1. The van der Waals surface area contributed by atoms with Crippen LogP contribution in [0.2, 0.25) is 5.02 Å². The predicted octanol–water partition coefficient (Wildman–Crippen LogP) is 4.78. The third-order valence-corrected chi connectivity index (χ3v) is 3.83. The maximum Gasteiger partial charge on any atom is 0.179 e. The standard InChI is InChI=1S/C17H13ClFNO/c18-14-4-2-1-3-11(14)5-8-17(21)16-10-12-9-13(19)6-7-15(12)20-16/h1-4,6-7,9-10,20H,5,8H2. The Morgan fingerprint density at radius 1 is 1.14 bits per heavy atom. The molecule has 0 unspecified atom stereocenters. The van der Waals surface area contributed by atoms with Gasteiger partial charge in [0.15, 0.2) is 5.78 Å². The topological polar surface area (TPSA) is 32.9 Å². The number of aromatic nitrogens is 1. The Bertz CT molecular complexity index is 809. The van der Waals surface area contributed by atoms with Crippen LogP contribution in [-0.4, -0.2) is 10.8 Å². The SMILES string of the molecule is O=C(CCc1ccccc1Cl)c1cc2cc(F)ccc2[nH]1. The number of hydrogen-bond acceptors (Lipinski definition) is 1. The molecule has 1 N–H and O–H groups in total. The molecule has 4 heteroatoms. The van der Waals surface area contributed by atoms with Crippen LogP contribution >= 0.6 is 11.6 Å². The lowest BCUT2D eigenvalue weighted by molar-refractivity contribution is 0.0979. The van der Waals surface area contributed by atoms with Gasteiger partial charge in [0.25, 0.3) is 0 Å². The van der Waals surface area contributed by atoms with Crippen LogP contribution in [0.1, 0.15) is 22.5 Å². The van der Waals surface area contributed by atoms with E-state index in [9.17, 15) is 9.18 Å². The van der Waals surface area contributed by atoms with Crippen molar-refractivity contribution < 1.29 is 9.18 Å². The highest BCUT2D eigenvalue weighted by Crippen LogP contribution is 2.20. The minimum atomic E-state index is -0.309. The Balaban J connectivity index is 1.76. The summed E-state index contributed by atoms with van der Waals surface area (Å²) in [7, 11) is 0. The summed E-state index contributed by atoms with van der Waals surface area (Å²) in [5.41, 5.74) is 2.22. The Hall–Kier alpha value is -2.13. The molecular weight excluding hydrogens is 289 g/mol. The number of ketones is 1. The number of nitrogens with one attached hydrogen (secondary N) is 1. The summed E-state index contributed by atoms with van der Waals surface area (Å²) in [5.74, 6) is -0.317. The minimum absolute atomic E-state index is 0.00784. The third kappa shape index (κ3) is 2.98. The number of aryl methyl sites for hydroxylation is 1. The van der Waals surface area contributed by atoms with Crippen LogP contribution in [0.5, 0.6) is 0 Å². The van der Waals surface area contributed by atoms with Gasteiger partial charge in [-0.2, -0.15) is 0 Å². The van der Waals surface area contributed by atoms with E-state index in [1.807, 2.05) is 24.3 Å². The number of rotatable bonds is 4. The second-order valence-corrected chi connectivity index (χ2v) is 5.34. The number of fused-ring (bicyclic) bond motifs is 1. The minimum Gasteiger partial charge on any atom is -0.352 e. The first-order valence-corrected chi connectivity index (χ1v) is 7.06. The molecule has 106 valence electrons. The van der Waals surface area contributed by atoms with Gasteiger partial charge >= 0.3 is 0 Å². The number of halogens is 2. The van der Waals surface area contributed by atoms with Crippen molar-refractivity contribution in [3.05, 3.63) is 70.6 Å². The molecule has 21 heavy (non-hydrogen) atoms. The average Bonchev–Trinajstić information content (AvgIpc) is 2.89. The number of hydrogen-bond donors (Lipinski definition) is 1. The van der Waals surface area contributed by atoms with Crippen molar-refractivity contribution in [2.24, 2.45) is 0 Å². The molecule has 0 saturated heterocycles. The van der Waals surface area contributed by atoms with E-state index in [0.29, 0.717) is 28.9 Å². The number of benzene rings is 2. The number of Topliss-reactive ketones (excluding diaryl/α,β-unsaturated/α-hetero) is 1. The first-order valence-electron chi connectivity index (χ1n) is 6.68. The van der Waals surface area contributed by atoms with Crippen molar-refractivity contribution in [1.29, 1.82) is 0 Å². The Morgan fingerprint density at radius 2 is 1.95 bits per heavy atom. The molecule has 0 saturated carbocycles. The maximum absolute atomic E-state index is 13.1. The molecule has 0 bridgehead atoms. The molecule has 0 aliphatic rings. The smallest absolute Gasteiger partial charge is 0.179 e. The summed E-state index contributed by atoms with van der Waals surface area (Å²) >= 11 is 6.07.